The monoisotopic (exact) mass is 319 g/mol. The van der Waals surface area contributed by atoms with Crippen LogP contribution in [0.15, 0.2) is 59.4 Å². The van der Waals surface area contributed by atoms with Crippen molar-refractivity contribution in [3.8, 4) is 5.69 Å². The molecular formula is C20H21N3O. The van der Waals surface area contributed by atoms with Crippen molar-refractivity contribution in [3.05, 3.63) is 65.0 Å². The van der Waals surface area contributed by atoms with Crippen molar-refractivity contribution >= 4 is 16.9 Å². The summed E-state index contributed by atoms with van der Waals surface area (Å²) in [6, 6.07) is 17.8. The first-order valence-corrected chi connectivity index (χ1v) is 8.59. The van der Waals surface area contributed by atoms with E-state index in [1.807, 2.05) is 54.6 Å². The number of hydrogen-bond acceptors (Lipinski definition) is 3. The quantitative estimate of drug-likeness (QED) is 0.722. The van der Waals surface area contributed by atoms with Crippen molar-refractivity contribution in [2.24, 2.45) is 0 Å². The molecule has 122 valence electrons. The Morgan fingerprint density at radius 1 is 1.00 bits per heavy atom. The van der Waals surface area contributed by atoms with Gasteiger partial charge in [-0.2, -0.15) is 0 Å². The smallest absolute Gasteiger partial charge is 0.267 e. The van der Waals surface area contributed by atoms with Gasteiger partial charge in [0.1, 0.15) is 0 Å². The van der Waals surface area contributed by atoms with E-state index < -0.39 is 0 Å². The Bertz CT molecular complexity index is 917. The van der Waals surface area contributed by atoms with E-state index in [1.165, 1.54) is 6.42 Å². The third-order valence-electron chi connectivity index (χ3n) is 4.83. The van der Waals surface area contributed by atoms with Gasteiger partial charge in [-0.25, -0.2) is 9.55 Å². The molecule has 0 amide bonds. The van der Waals surface area contributed by atoms with Crippen molar-refractivity contribution in [1.29, 1.82) is 0 Å². The zero-order valence-corrected chi connectivity index (χ0v) is 13.9. The largest absolute Gasteiger partial charge is 0.339 e. The fourth-order valence-corrected chi connectivity index (χ4v) is 3.52. The van der Waals surface area contributed by atoms with Gasteiger partial charge in [0.15, 0.2) is 0 Å². The summed E-state index contributed by atoms with van der Waals surface area (Å²) < 4.78 is 1.77. The molecule has 0 bridgehead atoms. The number of rotatable bonds is 2. The van der Waals surface area contributed by atoms with Gasteiger partial charge in [-0.1, -0.05) is 30.3 Å². The predicted molar refractivity (Wildman–Crippen MR) is 98.0 cm³/mol. The molecule has 3 aromatic rings. The Labute approximate surface area is 141 Å². The number of fused-ring (bicyclic) bond motifs is 1. The molecule has 24 heavy (non-hydrogen) atoms. The molecule has 1 atom stereocenters. The van der Waals surface area contributed by atoms with E-state index in [2.05, 4.69) is 11.8 Å². The van der Waals surface area contributed by atoms with Gasteiger partial charge in [-0.05, 0) is 50.5 Å². The predicted octanol–water partition coefficient (Wildman–Crippen LogP) is 3.76. The summed E-state index contributed by atoms with van der Waals surface area (Å²) in [4.78, 5) is 20.4. The Kier molecular flexibility index (Phi) is 3.81. The van der Waals surface area contributed by atoms with Gasteiger partial charge in [-0.3, -0.25) is 4.79 Å². The molecule has 0 spiro atoms. The average Bonchev–Trinajstić information content (AvgIpc) is 2.63. The van der Waals surface area contributed by atoms with Crippen LogP contribution in [0.2, 0.25) is 0 Å². The van der Waals surface area contributed by atoms with Crippen molar-refractivity contribution in [1.82, 2.24) is 9.55 Å². The fraction of sp³-hybridized carbons (Fsp3) is 0.300. The highest BCUT2D eigenvalue weighted by molar-refractivity contribution is 5.79. The molecule has 1 aromatic heterocycles. The molecule has 0 radical (unpaired) electrons. The third kappa shape index (κ3) is 2.48. The molecule has 1 aliphatic rings. The molecule has 1 aliphatic heterocycles. The molecule has 2 heterocycles. The Balaban J connectivity index is 2.01. The number of benzene rings is 2. The second-order valence-electron chi connectivity index (χ2n) is 6.44. The van der Waals surface area contributed by atoms with Crippen LogP contribution in [0.1, 0.15) is 26.2 Å². The molecule has 4 heteroatoms. The van der Waals surface area contributed by atoms with Crippen LogP contribution in [0.25, 0.3) is 16.6 Å². The van der Waals surface area contributed by atoms with Gasteiger partial charge in [0, 0.05) is 12.6 Å². The molecule has 1 fully saturated rings. The number of para-hydroxylation sites is 2. The van der Waals surface area contributed by atoms with Crippen LogP contribution < -0.4 is 10.5 Å². The van der Waals surface area contributed by atoms with Gasteiger partial charge < -0.3 is 4.90 Å². The summed E-state index contributed by atoms with van der Waals surface area (Å²) in [7, 11) is 0. The number of hydrogen-bond donors (Lipinski definition) is 0. The van der Waals surface area contributed by atoms with E-state index >= 15 is 0 Å². The summed E-state index contributed by atoms with van der Waals surface area (Å²) >= 11 is 0. The Morgan fingerprint density at radius 3 is 2.54 bits per heavy atom. The maximum atomic E-state index is 13.2. The lowest BCUT2D eigenvalue weighted by Crippen LogP contribution is -2.41. The number of anilines is 1. The van der Waals surface area contributed by atoms with E-state index in [-0.39, 0.29) is 5.56 Å². The molecule has 0 aliphatic carbocycles. The van der Waals surface area contributed by atoms with Gasteiger partial charge in [0.05, 0.1) is 16.6 Å². The topological polar surface area (TPSA) is 38.1 Å². The molecule has 0 N–H and O–H groups in total. The minimum absolute atomic E-state index is 0.000395. The van der Waals surface area contributed by atoms with Crippen LogP contribution in [0.3, 0.4) is 0 Å². The van der Waals surface area contributed by atoms with Crippen LogP contribution in [-0.4, -0.2) is 22.1 Å². The van der Waals surface area contributed by atoms with Crippen LogP contribution in [0.5, 0.6) is 0 Å². The van der Waals surface area contributed by atoms with Gasteiger partial charge in [0.2, 0.25) is 5.95 Å². The highest BCUT2D eigenvalue weighted by atomic mass is 16.1. The molecule has 1 saturated heterocycles. The SMILES string of the molecule is CC1CCCCN1c1nc2ccccc2c(=O)n1-c1ccccc1. The lowest BCUT2D eigenvalue weighted by atomic mass is 10.0. The van der Waals surface area contributed by atoms with Crippen molar-refractivity contribution < 1.29 is 0 Å². The second kappa shape index (κ2) is 6.11. The van der Waals surface area contributed by atoms with Gasteiger partial charge in [0.25, 0.3) is 5.56 Å². The highest BCUT2D eigenvalue weighted by Gasteiger charge is 2.24. The van der Waals surface area contributed by atoms with Crippen molar-refractivity contribution in [2.75, 3.05) is 11.4 Å². The van der Waals surface area contributed by atoms with Crippen molar-refractivity contribution in [2.45, 2.75) is 32.2 Å². The van der Waals surface area contributed by atoms with E-state index in [1.54, 1.807) is 4.57 Å². The van der Waals surface area contributed by atoms with Crippen LogP contribution in [0.4, 0.5) is 5.95 Å². The van der Waals surface area contributed by atoms with Crippen LogP contribution in [0, 0.1) is 0 Å². The first-order chi connectivity index (χ1) is 11.8. The normalized spacial score (nSPS) is 18.0. The van der Waals surface area contributed by atoms with E-state index in [9.17, 15) is 4.79 Å². The number of nitrogens with zero attached hydrogens (tertiary/aromatic N) is 3. The number of piperidine rings is 1. The van der Waals surface area contributed by atoms with E-state index in [4.69, 9.17) is 4.98 Å². The summed E-state index contributed by atoms with van der Waals surface area (Å²) in [5.41, 5.74) is 1.63. The molecule has 1 unspecified atom stereocenters. The van der Waals surface area contributed by atoms with E-state index in [0.717, 1.165) is 36.5 Å². The zero-order valence-electron chi connectivity index (χ0n) is 13.9. The van der Waals surface area contributed by atoms with Crippen molar-refractivity contribution in [3.63, 3.8) is 0 Å². The fourth-order valence-electron chi connectivity index (χ4n) is 3.52. The molecule has 4 nitrogen and oxygen atoms in total. The summed E-state index contributed by atoms with van der Waals surface area (Å²) in [5.74, 6) is 0.761. The molecule has 2 aromatic carbocycles. The molecule has 0 saturated carbocycles. The number of aromatic nitrogens is 2. The first-order valence-electron chi connectivity index (χ1n) is 8.59. The molecular weight excluding hydrogens is 298 g/mol. The summed E-state index contributed by atoms with van der Waals surface area (Å²) in [6.07, 6.45) is 3.51. The van der Waals surface area contributed by atoms with Crippen LogP contribution in [-0.2, 0) is 0 Å². The average molecular weight is 319 g/mol. The summed E-state index contributed by atoms with van der Waals surface area (Å²) in [6.45, 7) is 3.16. The minimum atomic E-state index is -0.000395. The molecule has 4 rings (SSSR count). The lowest BCUT2D eigenvalue weighted by molar-refractivity contribution is 0.474. The van der Waals surface area contributed by atoms with Gasteiger partial charge in [-0.15, -0.1) is 0 Å². The summed E-state index contributed by atoms with van der Waals surface area (Å²) in [5, 5.41) is 0.662. The lowest BCUT2D eigenvalue weighted by Gasteiger charge is -2.35. The maximum Gasteiger partial charge on any atom is 0.267 e. The van der Waals surface area contributed by atoms with Gasteiger partial charge >= 0.3 is 0 Å². The first kappa shape index (κ1) is 14.9. The third-order valence-corrected chi connectivity index (χ3v) is 4.83. The minimum Gasteiger partial charge on any atom is -0.339 e. The van der Waals surface area contributed by atoms with Crippen LogP contribution >= 0.6 is 0 Å². The highest BCUT2D eigenvalue weighted by Crippen LogP contribution is 2.25. The maximum absolute atomic E-state index is 13.2. The standard InChI is InChI=1S/C20H21N3O/c1-15-9-7-8-14-22(15)20-21-18-13-6-5-12-17(18)19(24)23(20)16-10-3-2-4-11-16/h2-6,10-13,15H,7-9,14H2,1H3. The second-order valence-corrected chi connectivity index (χ2v) is 6.44. The Morgan fingerprint density at radius 2 is 1.75 bits per heavy atom. The zero-order chi connectivity index (χ0) is 16.5. The Hall–Kier alpha value is -2.62. The van der Waals surface area contributed by atoms with E-state index in [0.29, 0.717) is 11.4 Å².